The summed E-state index contributed by atoms with van der Waals surface area (Å²) in [7, 11) is 0. The number of nitrogens with zero attached hydrogens (tertiary/aromatic N) is 1. The van der Waals surface area contributed by atoms with E-state index < -0.39 is 0 Å². The highest BCUT2D eigenvalue weighted by atomic mass is 14.9. The molecule has 17 heavy (non-hydrogen) atoms. The average Bonchev–Trinajstić information content (AvgIpc) is 2.75. The van der Waals surface area contributed by atoms with Gasteiger partial charge in [-0.15, -0.1) is 0 Å². The van der Waals surface area contributed by atoms with Crippen molar-refractivity contribution in [1.82, 2.24) is 9.97 Å². The molecular formula is C15H28N2. The second-order valence-electron chi connectivity index (χ2n) is 6.21. The van der Waals surface area contributed by atoms with Crippen LogP contribution in [0.15, 0.2) is 6.20 Å². The summed E-state index contributed by atoms with van der Waals surface area (Å²) in [4.78, 5) is 8.12. The Morgan fingerprint density at radius 3 is 2.47 bits per heavy atom. The monoisotopic (exact) mass is 236 g/mol. The van der Waals surface area contributed by atoms with Crippen molar-refractivity contribution in [1.29, 1.82) is 0 Å². The molecule has 1 N–H and O–H groups in total. The number of hydrogen-bond donors (Lipinski definition) is 1. The number of imidazole rings is 1. The quantitative estimate of drug-likeness (QED) is 0.766. The van der Waals surface area contributed by atoms with Crippen LogP contribution in [0.4, 0.5) is 0 Å². The minimum absolute atomic E-state index is 0.172. The third-order valence-electron chi connectivity index (χ3n) is 3.88. The molecule has 0 aliphatic carbocycles. The zero-order chi connectivity index (χ0) is 13.1. The summed E-state index contributed by atoms with van der Waals surface area (Å²) in [5, 5.41) is 0. The summed E-state index contributed by atoms with van der Waals surface area (Å²) in [6.45, 7) is 13.6. The Bertz CT molecular complexity index is 336. The summed E-state index contributed by atoms with van der Waals surface area (Å²) in [5.74, 6) is 2.36. The normalized spacial score (nSPS) is 14.3. The van der Waals surface area contributed by atoms with Crippen molar-refractivity contribution in [2.45, 2.75) is 72.1 Å². The molecule has 2 heteroatoms. The molecule has 0 aromatic carbocycles. The van der Waals surface area contributed by atoms with Crippen LogP contribution in [-0.2, 0) is 5.41 Å². The van der Waals surface area contributed by atoms with Gasteiger partial charge in [-0.2, -0.15) is 0 Å². The molecule has 1 rings (SSSR count). The number of aromatic nitrogens is 2. The predicted octanol–water partition coefficient (Wildman–Crippen LogP) is 4.64. The molecule has 0 bridgehead atoms. The van der Waals surface area contributed by atoms with E-state index in [2.05, 4.69) is 51.5 Å². The molecule has 0 aliphatic rings. The predicted molar refractivity (Wildman–Crippen MR) is 74.4 cm³/mol. The molecule has 98 valence electrons. The number of rotatable bonds is 6. The lowest BCUT2D eigenvalue weighted by Gasteiger charge is -2.22. The lowest BCUT2D eigenvalue weighted by Crippen LogP contribution is -2.19. The Kier molecular flexibility index (Phi) is 4.79. The largest absolute Gasteiger partial charge is 0.345 e. The van der Waals surface area contributed by atoms with Gasteiger partial charge in [-0.25, -0.2) is 4.98 Å². The molecule has 1 heterocycles. The van der Waals surface area contributed by atoms with Gasteiger partial charge in [-0.1, -0.05) is 54.4 Å². The maximum Gasteiger partial charge on any atom is 0.111 e. The molecule has 0 amide bonds. The van der Waals surface area contributed by atoms with E-state index in [-0.39, 0.29) is 5.41 Å². The first-order valence-electron chi connectivity index (χ1n) is 6.94. The van der Waals surface area contributed by atoms with Gasteiger partial charge in [0.1, 0.15) is 5.82 Å². The number of hydrogen-bond acceptors (Lipinski definition) is 1. The second-order valence-corrected chi connectivity index (χ2v) is 6.21. The molecule has 0 fully saturated rings. The molecule has 1 aromatic heterocycles. The van der Waals surface area contributed by atoms with E-state index in [0.717, 1.165) is 5.82 Å². The third-order valence-corrected chi connectivity index (χ3v) is 3.88. The van der Waals surface area contributed by atoms with E-state index >= 15 is 0 Å². The average molecular weight is 236 g/mol. The lowest BCUT2D eigenvalue weighted by atomic mass is 9.86. The van der Waals surface area contributed by atoms with Gasteiger partial charge in [0.15, 0.2) is 0 Å². The number of H-pyrrole nitrogens is 1. The molecule has 0 aliphatic heterocycles. The van der Waals surface area contributed by atoms with Crippen LogP contribution in [0.1, 0.15) is 78.2 Å². The SMILES string of the molecule is CCCCC(C)(C)c1ncc(C(C)C(C)C)[nH]1. The van der Waals surface area contributed by atoms with E-state index in [4.69, 9.17) is 0 Å². The molecule has 1 unspecified atom stereocenters. The number of aromatic amines is 1. The zero-order valence-corrected chi connectivity index (χ0v) is 12.3. The van der Waals surface area contributed by atoms with Gasteiger partial charge in [0.05, 0.1) is 0 Å². The van der Waals surface area contributed by atoms with Crippen LogP contribution in [0, 0.1) is 5.92 Å². The Hall–Kier alpha value is -0.790. The standard InChI is InChI=1S/C15H28N2/c1-7-8-9-15(5,6)14-16-10-13(17-14)12(4)11(2)3/h10-12H,7-9H2,1-6H3,(H,16,17). The summed E-state index contributed by atoms with van der Waals surface area (Å²) < 4.78 is 0. The Labute approximate surface area is 106 Å². The second kappa shape index (κ2) is 5.70. The lowest BCUT2D eigenvalue weighted by molar-refractivity contribution is 0.433. The van der Waals surface area contributed by atoms with Gasteiger partial charge in [0.25, 0.3) is 0 Å². The highest BCUT2D eigenvalue weighted by Crippen LogP contribution is 2.29. The Balaban J connectivity index is 2.79. The maximum absolute atomic E-state index is 4.59. The third kappa shape index (κ3) is 3.58. The van der Waals surface area contributed by atoms with Crippen LogP contribution >= 0.6 is 0 Å². The van der Waals surface area contributed by atoms with E-state index in [1.807, 2.05) is 6.20 Å². The first-order chi connectivity index (χ1) is 7.88. The minimum Gasteiger partial charge on any atom is -0.345 e. The number of nitrogens with one attached hydrogen (secondary N) is 1. The van der Waals surface area contributed by atoms with E-state index in [1.165, 1.54) is 25.0 Å². The summed E-state index contributed by atoms with van der Waals surface area (Å²) in [6, 6.07) is 0. The Morgan fingerprint density at radius 2 is 1.94 bits per heavy atom. The molecule has 0 spiro atoms. The van der Waals surface area contributed by atoms with Gasteiger partial charge in [-0.3, -0.25) is 0 Å². The topological polar surface area (TPSA) is 28.7 Å². The van der Waals surface area contributed by atoms with Crippen molar-refractivity contribution < 1.29 is 0 Å². The summed E-state index contributed by atoms with van der Waals surface area (Å²) >= 11 is 0. The summed E-state index contributed by atoms with van der Waals surface area (Å²) in [6.07, 6.45) is 5.74. The van der Waals surface area contributed by atoms with Crippen molar-refractivity contribution >= 4 is 0 Å². The van der Waals surface area contributed by atoms with Crippen LogP contribution in [0.25, 0.3) is 0 Å². The van der Waals surface area contributed by atoms with Crippen molar-refractivity contribution in [3.63, 3.8) is 0 Å². The molecule has 2 nitrogen and oxygen atoms in total. The van der Waals surface area contributed by atoms with E-state index in [9.17, 15) is 0 Å². The van der Waals surface area contributed by atoms with Crippen LogP contribution < -0.4 is 0 Å². The molecule has 0 radical (unpaired) electrons. The fraction of sp³-hybridized carbons (Fsp3) is 0.800. The summed E-state index contributed by atoms with van der Waals surface area (Å²) in [5.41, 5.74) is 1.45. The van der Waals surface area contributed by atoms with E-state index in [0.29, 0.717) is 11.8 Å². The van der Waals surface area contributed by atoms with Crippen molar-refractivity contribution in [3.8, 4) is 0 Å². The van der Waals surface area contributed by atoms with Crippen LogP contribution in [0.2, 0.25) is 0 Å². The fourth-order valence-electron chi connectivity index (χ4n) is 2.01. The first-order valence-corrected chi connectivity index (χ1v) is 6.94. The molecule has 1 atom stereocenters. The Morgan fingerprint density at radius 1 is 1.29 bits per heavy atom. The minimum atomic E-state index is 0.172. The van der Waals surface area contributed by atoms with Crippen LogP contribution in [0.3, 0.4) is 0 Å². The smallest absolute Gasteiger partial charge is 0.111 e. The van der Waals surface area contributed by atoms with Crippen LogP contribution in [0.5, 0.6) is 0 Å². The maximum atomic E-state index is 4.59. The van der Waals surface area contributed by atoms with Gasteiger partial charge in [0.2, 0.25) is 0 Å². The zero-order valence-electron chi connectivity index (χ0n) is 12.3. The van der Waals surface area contributed by atoms with Crippen LogP contribution in [-0.4, -0.2) is 9.97 Å². The van der Waals surface area contributed by atoms with Gasteiger partial charge >= 0.3 is 0 Å². The highest BCUT2D eigenvalue weighted by molar-refractivity contribution is 5.13. The van der Waals surface area contributed by atoms with Crippen molar-refractivity contribution in [2.24, 2.45) is 5.92 Å². The van der Waals surface area contributed by atoms with Gasteiger partial charge in [0, 0.05) is 23.2 Å². The fourth-order valence-corrected chi connectivity index (χ4v) is 2.01. The molecular weight excluding hydrogens is 208 g/mol. The molecule has 0 saturated heterocycles. The first kappa shape index (κ1) is 14.3. The highest BCUT2D eigenvalue weighted by Gasteiger charge is 2.24. The van der Waals surface area contributed by atoms with Crippen molar-refractivity contribution in [3.05, 3.63) is 17.7 Å². The van der Waals surface area contributed by atoms with Gasteiger partial charge in [-0.05, 0) is 12.3 Å². The molecule has 1 aromatic rings. The van der Waals surface area contributed by atoms with Crippen molar-refractivity contribution in [2.75, 3.05) is 0 Å². The van der Waals surface area contributed by atoms with Gasteiger partial charge < -0.3 is 4.98 Å². The van der Waals surface area contributed by atoms with E-state index in [1.54, 1.807) is 0 Å². The number of unbranched alkanes of at least 4 members (excludes halogenated alkanes) is 1. The molecule has 0 saturated carbocycles.